The van der Waals surface area contributed by atoms with Crippen molar-refractivity contribution in [3.63, 3.8) is 0 Å². The molecule has 3 rings (SSSR count). The summed E-state index contributed by atoms with van der Waals surface area (Å²) in [6, 6.07) is 6.89. The minimum Gasteiger partial charge on any atom is -0.465 e. The Labute approximate surface area is 147 Å². The minimum absolute atomic E-state index is 0.0394. The van der Waals surface area contributed by atoms with Gasteiger partial charge in [0.2, 0.25) is 0 Å². The minimum atomic E-state index is -0.662. The number of esters is 1. The zero-order chi connectivity index (χ0) is 19.0. The first kappa shape index (κ1) is 17.4. The molecule has 8 heteroatoms. The molecule has 0 aliphatic heterocycles. The number of carbonyl (C=O) groups excluding carboxylic acids is 1. The van der Waals surface area contributed by atoms with Crippen molar-refractivity contribution in [1.29, 1.82) is 0 Å². The molecule has 2 aromatic carbocycles. The number of H-pyrrole nitrogens is 1. The van der Waals surface area contributed by atoms with Crippen molar-refractivity contribution >= 4 is 22.6 Å². The third kappa shape index (κ3) is 2.75. The molecule has 0 aliphatic carbocycles. The van der Waals surface area contributed by atoms with Crippen LogP contribution in [0, 0.1) is 12.7 Å². The number of benzene rings is 2. The van der Waals surface area contributed by atoms with Crippen molar-refractivity contribution in [2.45, 2.75) is 6.92 Å². The van der Waals surface area contributed by atoms with Gasteiger partial charge in [0.25, 0.3) is 5.56 Å². The first-order valence-electron chi connectivity index (χ1n) is 7.73. The third-order valence-electron chi connectivity index (χ3n) is 4.11. The van der Waals surface area contributed by atoms with Crippen molar-refractivity contribution in [2.75, 3.05) is 19.5 Å². The van der Waals surface area contributed by atoms with Gasteiger partial charge in [-0.05, 0) is 42.8 Å². The summed E-state index contributed by atoms with van der Waals surface area (Å²) in [4.78, 5) is 39.5. The lowest BCUT2D eigenvalue weighted by atomic mass is 10.1. The van der Waals surface area contributed by atoms with E-state index in [4.69, 9.17) is 0 Å². The van der Waals surface area contributed by atoms with Gasteiger partial charge in [0.05, 0.1) is 35.0 Å². The van der Waals surface area contributed by atoms with E-state index in [1.807, 2.05) is 0 Å². The van der Waals surface area contributed by atoms with Gasteiger partial charge in [-0.15, -0.1) is 0 Å². The van der Waals surface area contributed by atoms with E-state index in [-0.39, 0.29) is 16.6 Å². The van der Waals surface area contributed by atoms with Gasteiger partial charge < -0.3 is 15.0 Å². The Morgan fingerprint density at radius 3 is 2.58 bits per heavy atom. The van der Waals surface area contributed by atoms with Crippen LogP contribution in [0.2, 0.25) is 0 Å². The number of methoxy groups -OCH3 is 1. The second-order valence-electron chi connectivity index (χ2n) is 5.69. The van der Waals surface area contributed by atoms with Crippen molar-refractivity contribution in [3.05, 3.63) is 68.1 Å². The number of fused-ring (bicyclic) bond motifs is 1. The van der Waals surface area contributed by atoms with Crippen molar-refractivity contribution in [3.8, 4) is 5.69 Å². The summed E-state index contributed by atoms with van der Waals surface area (Å²) < 4.78 is 19.6. The highest BCUT2D eigenvalue weighted by atomic mass is 19.1. The molecular weight excluding hydrogens is 341 g/mol. The normalized spacial score (nSPS) is 10.8. The lowest BCUT2D eigenvalue weighted by Crippen LogP contribution is -2.34. The number of aromatic nitrogens is 2. The highest BCUT2D eigenvalue weighted by molar-refractivity contribution is 5.90. The average Bonchev–Trinajstić information content (AvgIpc) is 2.62. The number of hydrogen-bond donors (Lipinski definition) is 2. The molecule has 0 aliphatic rings. The Morgan fingerprint density at radius 1 is 1.23 bits per heavy atom. The van der Waals surface area contributed by atoms with Gasteiger partial charge in [0, 0.05) is 7.05 Å². The summed E-state index contributed by atoms with van der Waals surface area (Å²) in [6.07, 6.45) is 0. The van der Waals surface area contributed by atoms with Gasteiger partial charge in [0.1, 0.15) is 5.82 Å². The van der Waals surface area contributed by atoms with Crippen LogP contribution >= 0.6 is 0 Å². The lowest BCUT2D eigenvalue weighted by molar-refractivity contribution is 0.0600. The summed E-state index contributed by atoms with van der Waals surface area (Å²) in [5.74, 6) is -1.13. The second kappa shape index (κ2) is 6.47. The van der Waals surface area contributed by atoms with Gasteiger partial charge >= 0.3 is 11.7 Å². The third-order valence-corrected chi connectivity index (χ3v) is 4.11. The predicted molar refractivity (Wildman–Crippen MR) is 95.7 cm³/mol. The number of rotatable bonds is 3. The molecule has 0 spiro atoms. The van der Waals surface area contributed by atoms with Crippen LogP contribution in [0.1, 0.15) is 15.9 Å². The Morgan fingerprint density at radius 2 is 1.96 bits per heavy atom. The topological polar surface area (TPSA) is 93.2 Å². The molecule has 134 valence electrons. The number of ether oxygens (including phenoxy) is 1. The van der Waals surface area contributed by atoms with E-state index < -0.39 is 23.0 Å². The first-order valence-corrected chi connectivity index (χ1v) is 7.73. The molecule has 1 aromatic heterocycles. The van der Waals surface area contributed by atoms with E-state index in [0.717, 1.165) is 10.6 Å². The van der Waals surface area contributed by atoms with Crippen LogP contribution in [0.25, 0.3) is 16.6 Å². The zero-order valence-corrected chi connectivity index (χ0v) is 14.3. The Kier molecular flexibility index (Phi) is 4.33. The van der Waals surface area contributed by atoms with Gasteiger partial charge in [-0.3, -0.25) is 4.79 Å². The SMILES string of the molecule is CNc1cc2[nH]c(=O)n(-c3ccc(C(=O)OC)cc3C)c(=O)c2cc1F. The van der Waals surface area contributed by atoms with Gasteiger partial charge in [-0.25, -0.2) is 18.5 Å². The van der Waals surface area contributed by atoms with Crippen LogP contribution in [-0.2, 0) is 4.74 Å². The molecule has 3 aromatic rings. The number of hydrogen-bond acceptors (Lipinski definition) is 5. The molecule has 0 bridgehead atoms. The van der Waals surface area contributed by atoms with Crippen molar-refractivity contribution in [1.82, 2.24) is 9.55 Å². The molecule has 0 saturated carbocycles. The Bertz CT molecular complexity index is 1150. The predicted octanol–water partition coefficient (Wildman–Crippen LogP) is 1.95. The number of carbonyl (C=O) groups is 1. The number of anilines is 1. The van der Waals surface area contributed by atoms with E-state index in [2.05, 4.69) is 15.0 Å². The van der Waals surface area contributed by atoms with Crippen LogP contribution in [-0.4, -0.2) is 29.7 Å². The first-order chi connectivity index (χ1) is 12.4. The van der Waals surface area contributed by atoms with E-state index in [1.165, 1.54) is 38.4 Å². The number of nitrogens with zero attached hydrogens (tertiary/aromatic N) is 1. The number of aryl methyl sites for hydroxylation is 1. The van der Waals surface area contributed by atoms with Gasteiger partial charge in [-0.2, -0.15) is 0 Å². The summed E-state index contributed by atoms with van der Waals surface area (Å²) in [5.41, 5.74) is 0.193. The fraction of sp³-hybridized carbons (Fsp3) is 0.167. The molecule has 2 N–H and O–H groups in total. The maximum atomic E-state index is 14.0. The van der Waals surface area contributed by atoms with E-state index in [9.17, 15) is 18.8 Å². The molecule has 0 unspecified atom stereocenters. The quantitative estimate of drug-likeness (QED) is 0.699. The molecular formula is C18H16FN3O4. The molecule has 26 heavy (non-hydrogen) atoms. The maximum Gasteiger partial charge on any atom is 0.337 e. The molecule has 0 atom stereocenters. The number of aromatic amines is 1. The summed E-state index contributed by atoms with van der Waals surface area (Å²) in [7, 11) is 2.80. The fourth-order valence-electron chi connectivity index (χ4n) is 2.80. The smallest absolute Gasteiger partial charge is 0.337 e. The summed E-state index contributed by atoms with van der Waals surface area (Å²) in [5, 5.41) is 2.69. The van der Waals surface area contributed by atoms with Crippen LogP contribution < -0.4 is 16.6 Å². The van der Waals surface area contributed by atoms with Gasteiger partial charge in [-0.1, -0.05) is 0 Å². The molecule has 0 fully saturated rings. The van der Waals surface area contributed by atoms with E-state index in [1.54, 1.807) is 6.92 Å². The van der Waals surface area contributed by atoms with Crippen LogP contribution in [0.4, 0.5) is 10.1 Å². The fourth-order valence-corrected chi connectivity index (χ4v) is 2.80. The molecule has 0 saturated heterocycles. The lowest BCUT2D eigenvalue weighted by Gasteiger charge is -2.11. The summed E-state index contributed by atoms with van der Waals surface area (Å²) in [6.45, 7) is 1.66. The zero-order valence-electron chi connectivity index (χ0n) is 14.3. The maximum absolute atomic E-state index is 14.0. The Balaban J connectivity index is 2.28. The molecule has 1 heterocycles. The molecule has 0 amide bonds. The van der Waals surface area contributed by atoms with Crippen LogP contribution in [0.5, 0.6) is 0 Å². The number of halogens is 1. The van der Waals surface area contributed by atoms with Crippen LogP contribution in [0.15, 0.2) is 39.9 Å². The Hall–Kier alpha value is -3.42. The largest absolute Gasteiger partial charge is 0.465 e. The van der Waals surface area contributed by atoms with Crippen molar-refractivity contribution in [2.24, 2.45) is 0 Å². The highest BCUT2D eigenvalue weighted by Gasteiger charge is 2.15. The van der Waals surface area contributed by atoms with E-state index in [0.29, 0.717) is 16.8 Å². The van der Waals surface area contributed by atoms with Gasteiger partial charge in [0.15, 0.2) is 0 Å². The average molecular weight is 357 g/mol. The monoisotopic (exact) mass is 357 g/mol. The van der Waals surface area contributed by atoms with Crippen molar-refractivity contribution < 1.29 is 13.9 Å². The highest BCUT2D eigenvalue weighted by Crippen LogP contribution is 2.19. The second-order valence-corrected chi connectivity index (χ2v) is 5.69. The van der Waals surface area contributed by atoms with Crippen LogP contribution in [0.3, 0.4) is 0 Å². The molecule has 0 radical (unpaired) electrons. The standard InChI is InChI=1S/C18H16FN3O4/c1-9-6-10(17(24)26-3)4-5-15(9)22-16(23)11-7-12(19)14(20-2)8-13(11)21-18(22)25/h4-8,20H,1-3H3,(H,21,25). The van der Waals surface area contributed by atoms with E-state index >= 15 is 0 Å². The number of nitrogens with one attached hydrogen (secondary N) is 2. The molecule has 7 nitrogen and oxygen atoms in total. The summed E-state index contributed by atoms with van der Waals surface area (Å²) >= 11 is 0.